The second kappa shape index (κ2) is 5.31. The molecule has 1 aromatic carbocycles. The highest BCUT2D eigenvalue weighted by Crippen LogP contribution is 2.41. The molecule has 1 aliphatic rings. The molecule has 0 nitrogen and oxygen atoms in total. The Kier molecular flexibility index (Phi) is 4.08. The molecule has 2 rings (SSSR count). The monoisotopic (exact) mass is 258 g/mol. The maximum atomic E-state index is 2.44. The number of aryl methyl sites for hydroxylation is 1. The van der Waals surface area contributed by atoms with Gasteiger partial charge < -0.3 is 0 Å². The third-order valence-electron chi connectivity index (χ3n) is 4.99. The zero-order valence-corrected chi connectivity index (χ0v) is 13.5. The molecule has 106 valence electrons. The molecule has 0 saturated heterocycles. The third-order valence-corrected chi connectivity index (χ3v) is 4.99. The van der Waals surface area contributed by atoms with Gasteiger partial charge in [-0.15, -0.1) is 0 Å². The first-order chi connectivity index (χ1) is 8.83. The number of fused-ring (bicyclic) bond motifs is 1. The summed E-state index contributed by atoms with van der Waals surface area (Å²) in [5.41, 5.74) is 5.22. The van der Waals surface area contributed by atoms with Crippen LogP contribution in [0.25, 0.3) is 0 Å². The van der Waals surface area contributed by atoms with E-state index in [9.17, 15) is 0 Å². The maximum Gasteiger partial charge on any atom is -0.0101 e. The van der Waals surface area contributed by atoms with Gasteiger partial charge in [0.1, 0.15) is 0 Å². The largest absolute Gasteiger partial charge is 0.0590 e. The molecule has 0 atom stereocenters. The summed E-state index contributed by atoms with van der Waals surface area (Å²) in [4.78, 5) is 0. The van der Waals surface area contributed by atoms with E-state index in [2.05, 4.69) is 52.8 Å². The third kappa shape index (κ3) is 3.22. The SMILES string of the molecule is Cc1ccc2c(c1)C(C)(C)CCCCCCC2(C)C. The first-order valence-corrected chi connectivity index (χ1v) is 7.95. The predicted octanol–water partition coefficient (Wildman–Crippen LogP) is 5.90. The van der Waals surface area contributed by atoms with Crippen LogP contribution in [0.3, 0.4) is 0 Å². The fourth-order valence-corrected chi connectivity index (χ4v) is 3.56. The average molecular weight is 258 g/mol. The quantitative estimate of drug-likeness (QED) is 0.543. The first kappa shape index (κ1) is 14.6. The average Bonchev–Trinajstić information content (AvgIpc) is 2.32. The summed E-state index contributed by atoms with van der Waals surface area (Å²) in [6.07, 6.45) is 8.20. The summed E-state index contributed by atoms with van der Waals surface area (Å²) in [6.45, 7) is 12.0. The fourth-order valence-electron chi connectivity index (χ4n) is 3.56. The smallest absolute Gasteiger partial charge is 0.0101 e. The van der Waals surface area contributed by atoms with Crippen molar-refractivity contribution in [3.05, 3.63) is 34.9 Å². The van der Waals surface area contributed by atoms with Crippen molar-refractivity contribution in [1.82, 2.24) is 0 Å². The Morgan fingerprint density at radius 1 is 0.737 bits per heavy atom. The number of rotatable bonds is 0. The zero-order chi connectivity index (χ0) is 14.1. The number of hydrogen-bond acceptors (Lipinski definition) is 0. The highest BCUT2D eigenvalue weighted by molar-refractivity contribution is 5.41. The van der Waals surface area contributed by atoms with Gasteiger partial charge in [-0.2, -0.15) is 0 Å². The lowest BCUT2D eigenvalue weighted by atomic mass is 9.69. The normalized spacial score (nSPS) is 22.6. The van der Waals surface area contributed by atoms with E-state index < -0.39 is 0 Å². The summed E-state index contributed by atoms with van der Waals surface area (Å²) < 4.78 is 0. The van der Waals surface area contributed by atoms with Crippen molar-refractivity contribution in [2.45, 2.75) is 84.0 Å². The van der Waals surface area contributed by atoms with E-state index in [1.807, 2.05) is 0 Å². The number of hydrogen-bond donors (Lipinski definition) is 0. The van der Waals surface area contributed by atoms with Crippen LogP contribution in [-0.4, -0.2) is 0 Å². The van der Waals surface area contributed by atoms with Crippen molar-refractivity contribution in [1.29, 1.82) is 0 Å². The molecule has 0 spiro atoms. The number of benzene rings is 1. The van der Waals surface area contributed by atoms with Crippen molar-refractivity contribution in [3.8, 4) is 0 Å². The second-order valence-corrected chi connectivity index (χ2v) is 7.73. The Labute approximate surface area is 119 Å². The highest BCUT2D eigenvalue weighted by atomic mass is 14.3. The lowest BCUT2D eigenvalue weighted by molar-refractivity contribution is 0.383. The van der Waals surface area contributed by atoms with Crippen LogP contribution in [0.4, 0.5) is 0 Å². The molecule has 0 heterocycles. The van der Waals surface area contributed by atoms with Crippen molar-refractivity contribution in [3.63, 3.8) is 0 Å². The van der Waals surface area contributed by atoms with Crippen LogP contribution in [0.15, 0.2) is 18.2 Å². The van der Waals surface area contributed by atoms with Crippen LogP contribution in [-0.2, 0) is 10.8 Å². The Balaban J connectivity index is 2.53. The standard InChI is InChI=1S/C19H30/c1-15-10-11-16-17(14-15)19(4,5)13-9-7-6-8-12-18(16,2)3/h10-11,14H,6-9,12-13H2,1-5H3. The van der Waals surface area contributed by atoms with Crippen molar-refractivity contribution < 1.29 is 0 Å². The predicted molar refractivity (Wildman–Crippen MR) is 84.9 cm³/mol. The van der Waals surface area contributed by atoms with Gasteiger partial charge in [-0.05, 0) is 41.7 Å². The van der Waals surface area contributed by atoms with Crippen LogP contribution in [0.1, 0.15) is 82.9 Å². The van der Waals surface area contributed by atoms with Gasteiger partial charge in [-0.25, -0.2) is 0 Å². The van der Waals surface area contributed by atoms with E-state index in [-0.39, 0.29) is 0 Å². The van der Waals surface area contributed by atoms with E-state index in [4.69, 9.17) is 0 Å². The van der Waals surface area contributed by atoms with Crippen LogP contribution < -0.4 is 0 Å². The Morgan fingerprint density at radius 3 is 1.84 bits per heavy atom. The lowest BCUT2D eigenvalue weighted by Gasteiger charge is -2.36. The maximum absolute atomic E-state index is 2.44. The van der Waals surface area contributed by atoms with E-state index in [1.165, 1.54) is 44.1 Å². The Bertz CT molecular complexity index is 437. The van der Waals surface area contributed by atoms with E-state index in [0.29, 0.717) is 10.8 Å². The van der Waals surface area contributed by atoms with Gasteiger partial charge in [0, 0.05) is 0 Å². The van der Waals surface area contributed by atoms with E-state index in [0.717, 1.165) is 0 Å². The molecule has 0 amide bonds. The van der Waals surface area contributed by atoms with Gasteiger partial charge in [0.25, 0.3) is 0 Å². The van der Waals surface area contributed by atoms with Crippen molar-refractivity contribution in [2.75, 3.05) is 0 Å². The Morgan fingerprint density at radius 2 is 1.26 bits per heavy atom. The molecular weight excluding hydrogens is 228 g/mol. The molecule has 0 fully saturated rings. The molecule has 0 N–H and O–H groups in total. The van der Waals surface area contributed by atoms with E-state index in [1.54, 1.807) is 11.1 Å². The molecule has 1 aliphatic carbocycles. The topological polar surface area (TPSA) is 0 Å². The molecular formula is C19H30. The minimum Gasteiger partial charge on any atom is -0.0590 e. The molecule has 0 aromatic heterocycles. The van der Waals surface area contributed by atoms with Crippen molar-refractivity contribution in [2.24, 2.45) is 0 Å². The molecule has 0 heteroatoms. The van der Waals surface area contributed by atoms with Crippen molar-refractivity contribution >= 4 is 0 Å². The summed E-state index contributed by atoms with van der Waals surface area (Å²) in [5.74, 6) is 0. The highest BCUT2D eigenvalue weighted by Gasteiger charge is 2.30. The zero-order valence-electron chi connectivity index (χ0n) is 13.5. The summed E-state index contributed by atoms with van der Waals surface area (Å²) in [5, 5.41) is 0. The van der Waals surface area contributed by atoms with E-state index >= 15 is 0 Å². The van der Waals surface area contributed by atoms with Crippen LogP contribution in [0.2, 0.25) is 0 Å². The van der Waals surface area contributed by atoms with Gasteiger partial charge in [-0.3, -0.25) is 0 Å². The second-order valence-electron chi connectivity index (χ2n) is 7.73. The van der Waals surface area contributed by atoms with Gasteiger partial charge >= 0.3 is 0 Å². The molecule has 0 saturated carbocycles. The molecule has 0 unspecified atom stereocenters. The summed E-state index contributed by atoms with van der Waals surface area (Å²) >= 11 is 0. The van der Waals surface area contributed by atoms with Gasteiger partial charge in [0.05, 0.1) is 0 Å². The van der Waals surface area contributed by atoms with Crippen LogP contribution in [0, 0.1) is 6.92 Å². The van der Waals surface area contributed by atoms with Crippen LogP contribution >= 0.6 is 0 Å². The van der Waals surface area contributed by atoms with Crippen LogP contribution in [0.5, 0.6) is 0 Å². The fraction of sp³-hybridized carbons (Fsp3) is 0.684. The first-order valence-electron chi connectivity index (χ1n) is 7.95. The lowest BCUT2D eigenvalue weighted by Crippen LogP contribution is -2.27. The summed E-state index contributed by atoms with van der Waals surface area (Å²) in [6, 6.07) is 7.13. The van der Waals surface area contributed by atoms with Gasteiger partial charge in [0.15, 0.2) is 0 Å². The molecule has 1 aromatic rings. The summed E-state index contributed by atoms with van der Waals surface area (Å²) in [7, 11) is 0. The van der Waals surface area contributed by atoms with Gasteiger partial charge in [-0.1, -0.05) is 77.1 Å². The molecule has 0 bridgehead atoms. The molecule has 19 heavy (non-hydrogen) atoms. The Hall–Kier alpha value is -0.780. The van der Waals surface area contributed by atoms with Gasteiger partial charge in [0.2, 0.25) is 0 Å². The minimum atomic E-state index is 0.315. The molecule has 0 radical (unpaired) electrons. The minimum absolute atomic E-state index is 0.315. The molecule has 0 aliphatic heterocycles.